The molecule has 0 atom stereocenters. The van der Waals surface area contributed by atoms with Gasteiger partial charge in [0, 0.05) is 44.3 Å². The zero-order chi connectivity index (χ0) is 22.6. The van der Waals surface area contributed by atoms with Crippen molar-refractivity contribution in [3.63, 3.8) is 0 Å². The predicted octanol–water partition coefficient (Wildman–Crippen LogP) is 4.76. The SMILES string of the molecule is CCCC(=O)Nc1ccc(CN=C(NCC)NC2CCN(Cc3ccccc3)CC2)cc1.I. The van der Waals surface area contributed by atoms with Crippen molar-refractivity contribution in [2.45, 2.75) is 58.7 Å². The molecule has 2 aromatic rings. The van der Waals surface area contributed by atoms with Crippen molar-refractivity contribution in [1.82, 2.24) is 15.5 Å². The number of benzene rings is 2. The van der Waals surface area contributed by atoms with Crippen LogP contribution in [0.25, 0.3) is 0 Å². The van der Waals surface area contributed by atoms with E-state index in [4.69, 9.17) is 4.99 Å². The van der Waals surface area contributed by atoms with Crippen molar-refractivity contribution in [1.29, 1.82) is 0 Å². The van der Waals surface area contributed by atoms with Gasteiger partial charge in [-0.3, -0.25) is 9.69 Å². The van der Waals surface area contributed by atoms with Crippen LogP contribution in [0, 0.1) is 0 Å². The van der Waals surface area contributed by atoms with Gasteiger partial charge >= 0.3 is 0 Å². The van der Waals surface area contributed by atoms with Crippen LogP contribution in [0.2, 0.25) is 0 Å². The summed E-state index contributed by atoms with van der Waals surface area (Å²) in [7, 11) is 0. The Kier molecular flexibility index (Phi) is 12.2. The molecule has 1 fully saturated rings. The largest absolute Gasteiger partial charge is 0.357 e. The summed E-state index contributed by atoms with van der Waals surface area (Å²) in [5.74, 6) is 0.932. The Hall–Kier alpha value is -2.13. The molecule has 0 bridgehead atoms. The van der Waals surface area contributed by atoms with Crippen LogP contribution < -0.4 is 16.0 Å². The normalized spacial score (nSPS) is 14.9. The number of aliphatic imine (C=N–C) groups is 1. The molecule has 0 saturated carbocycles. The van der Waals surface area contributed by atoms with E-state index in [-0.39, 0.29) is 29.9 Å². The zero-order valence-electron chi connectivity index (χ0n) is 19.8. The Balaban J connectivity index is 0.00000385. The summed E-state index contributed by atoms with van der Waals surface area (Å²) in [6.07, 6.45) is 3.63. The first kappa shape index (κ1) is 27.1. The highest BCUT2D eigenvalue weighted by molar-refractivity contribution is 14.0. The minimum atomic E-state index is 0. The number of hydrogen-bond donors (Lipinski definition) is 3. The van der Waals surface area contributed by atoms with Crippen LogP contribution in [0.1, 0.15) is 50.7 Å². The number of nitrogens with one attached hydrogen (secondary N) is 3. The van der Waals surface area contributed by atoms with Gasteiger partial charge in [-0.25, -0.2) is 4.99 Å². The molecule has 1 aliphatic rings. The number of hydrogen-bond acceptors (Lipinski definition) is 3. The van der Waals surface area contributed by atoms with Gasteiger partial charge in [0.25, 0.3) is 0 Å². The Morgan fingerprint density at radius 2 is 1.70 bits per heavy atom. The third-order valence-corrected chi connectivity index (χ3v) is 5.66. The number of likely N-dealkylation sites (tertiary alicyclic amines) is 1. The molecule has 7 heteroatoms. The maximum Gasteiger partial charge on any atom is 0.224 e. The summed E-state index contributed by atoms with van der Waals surface area (Å²) in [5, 5.41) is 9.91. The first-order valence-corrected chi connectivity index (χ1v) is 11.9. The topological polar surface area (TPSA) is 68.8 Å². The van der Waals surface area contributed by atoms with E-state index in [1.165, 1.54) is 5.56 Å². The third kappa shape index (κ3) is 9.71. The molecule has 6 nitrogen and oxygen atoms in total. The number of piperidine rings is 1. The molecule has 1 saturated heterocycles. The van der Waals surface area contributed by atoms with Crippen LogP contribution in [-0.2, 0) is 17.9 Å². The molecule has 1 amide bonds. The zero-order valence-corrected chi connectivity index (χ0v) is 22.2. The van der Waals surface area contributed by atoms with E-state index in [1.54, 1.807) is 0 Å². The molecule has 180 valence electrons. The molecule has 0 aliphatic carbocycles. The van der Waals surface area contributed by atoms with E-state index >= 15 is 0 Å². The fourth-order valence-corrected chi connectivity index (χ4v) is 3.90. The van der Waals surface area contributed by atoms with Crippen molar-refractivity contribution >= 4 is 41.5 Å². The van der Waals surface area contributed by atoms with Gasteiger partial charge in [0.2, 0.25) is 5.91 Å². The molecule has 0 spiro atoms. The summed E-state index contributed by atoms with van der Waals surface area (Å²) in [6.45, 7) is 8.75. The van der Waals surface area contributed by atoms with Crippen molar-refractivity contribution in [2.24, 2.45) is 4.99 Å². The van der Waals surface area contributed by atoms with E-state index in [0.29, 0.717) is 19.0 Å². The first-order valence-electron chi connectivity index (χ1n) is 11.9. The Morgan fingerprint density at radius 3 is 2.33 bits per heavy atom. The lowest BCUT2D eigenvalue weighted by atomic mass is 10.0. The number of carbonyl (C=O) groups is 1. The molecule has 1 heterocycles. The van der Waals surface area contributed by atoms with E-state index in [9.17, 15) is 4.79 Å². The van der Waals surface area contributed by atoms with Gasteiger partial charge in [-0.05, 0) is 49.4 Å². The number of nitrogens with zero attached hydrogens (tertiary/aromatic N) is 2. The monoisotopic (exact) mass is 563 g/mol. The highest BCUT2D eigenvalue weighted by Gasteiger charge is 2.20. The molecule has 1 aliphatic heterocycles. The standard InChI is InChI=1S/C26H37N5O.HI/c1-3-8-25(32)29-23-13-11-21(12-14-23)19-28-26(27-4-2)30-24-15-17-31(18-16-24)20-22-9-6-5-7-10-22;/h5-7,9-14,24H,3-4,8,15-20H2,1-2H3,(H,29,32)(H2,27,28,30);1H. The summed E-state index contributed by atoms with van der Waals surface area (Å²) in [4.78, 5) is 19.0. The highest BCUT2D eigenvalue weighted by atomic mass is 127. The van der Waals surface area contributed by atoms with Crippen molar-refractivity contribution in [3.05, 3.63) is 65.7 Å². The van der Waals surface area contributed by atoms with Crippen LogP contribution in [0.5, 0.6) is 0 Å². The Labute approximate surface area is 215 Å². The van der Waals surface area contributed by atoms with Gasteiger partial charge in [-0.1, -0.05) is 49.4 Å². The molecule has 0 radical (unpaired) electrons. The van der Waals surface area contributed by atoms with Crippen molar-refractivity contribution in [3.8, 4) is 0 Å². The van der Waals surface area contributed by atoms with Crippen LogP contribution in [0.4, 0.5) is 5.69 Å². The molecule has 33 heavy (non-hydrogen) atoms. The average molecular weight is 564 g/mol. The summed E-state index contributed by atoms with van der Waals surface area (Å²) >= 11 is 0. The fourth-order valence-electron chi connectivity index (χ4n) is 3.90. The maximum absolute atomic E-state index is 11.7. The Morgan fingerprint density at radius 1 is 1.00 bits per heavy atom. The number of carbonyl (C=O) groups excluding carboxylic acids is 1. The van der Waals surface area contributed by atoms with Crippen LogP contribution >= 0.6 is 24.0 Å². The molecule has 2 aromatic carbocycles. The number of rotatable bonds is 9. The quantitative estimate of drug-likeness (QED) is 0.234. The van der Waals surface area contributed by atoms with E-state index in [1.807, 2.05) is 31.2 Å². The van der Waals surface area contributed by atoms with Crippen molar-refractivity contribution in [2.75, 3.05) is 25.0 Å². The van der Waals surface area contributed by atoms with Gasteiger partial charge in [-0.2, -0.15) is 0 Å². The van der Waals surface area contributed by atoms with Crippen LogP contribution in [0.15, 0.2) is 59.6 Å². The van der Waals surface area contributed by atoms with Gasteiger partial charge in [0.1, 0.15) is 0 Å². The maximum atomic E-state index is 11.7. The number of halogens is 1. The van der Waals surface area contributed by atoms with Crippen molar-refractivity contribution < 1.29 is 4.79 Å². The molecule has 0 aromatic heterocycles. The molecule has 3 N–H and O–H groups in total. The number of anilines is 1. The second kappa shape index (κ2) is 14.9. The van der Waals surface area contributed by atoms with E-state index < -0.39 is 0 Å². The lowest BCUT2D eigenvalue weighted by molar-refractivity contribution is -0.116. The van der Waals surface area contributed by atoms with Gasteiger partial charge in [0.05, 0.1) is 6.54 Å². The summed E-state index contributed by atoms with van der Waals surface area (Å²) in [5.41, 5.74) is 3.33. The molecular formula is C26H38IN5O. The average Bonchev–Trinajstić information content (AvgIpc) is 2.81. The minimum absolute atomic E-state index is 0. The van der Waals surface area contributed by atoms with Gasteiger partial charge in [0.15, 0.2) is 5.96 Å². The fraction of sp³-hybridized carbons (Fsp3) is 0.462. The lowest BCUT2D eigenvalue weighted by Gasteiger charge is -2.33. The van der Waals surface area contributed by atoms with Crippen LogP contribution in [0.3, 0.4) is 0 Å². The highest BCUT2D eigenvalue weighted by Crippen LogP contribution is 2.14. The minimum Gasteiger partial charge on any atom is -0.357 e. The Bertz CT molecular complexity index is 849. The third-order valence-electron chi connectivity index (χ3n) is 5.66. The summed E-state index contributed by atoms with van der Waals surface area (Å²) in [6, 6.07) is 19.1. The molecular weight excluding hydrogens is 525 g/mol. The van der Waals surface area contributed by atoms with Crippen LogP contribution in [-0.4, -0.2) is 42.4 Å². The van der Waals surface area contributed by atoms with E-state index in [2.05, 4.69) is 58.1 Å². The first-order chi connectivity index (χ1) is 15.7. The lowest BCUT2D eigenvalue weighted by Crippen LogP contribution is -2.48. The molecule has 3 rings (SSSR count). The molecule has 0 unspecified atom stereocenters. The second-order valence-electron chi connectivity index (χ2n) is 8.37. The second-order valence-corrected chi connectivity index (χ2v) is 8.37. The van der Waals surface area contributed by atoms with E-state index in [0.717, 1.165) is 62.7 Å². The predicted molar refractivity (Wildman–Crippen MR) is 148 cm³/mol. The van der Waals surface area contributed by atoms with Gasteiger partial charge < -0.3 is 16.0 Å². The number of guanidine groups is 1. The number of amides is 1. The smallest absolute Gasteiger partial charge is 0.224 e. The summed E-state index contributed by atoms with van der Waals surface area (Å²) < 4.78 is 0. The van der Waals surface area contributed by atoms with Gasteiger partial charge in [-0.15, -0.1) is 24.0 Å².